The van der Waals surface area contributed by atoms with Crippen LogP contribution in [0.3, 0.4) is 0 Å². The first-order valence-electron chi connectivity index (χ1n) is 6.49. The number of hydrogen-bond acceptors (Lipinski definition) is 2. The monoisotopic (exact) mass is 232 g/mol. The Morgan fingerprint density at radius 3 is 2.82 bits per heavy atom. The number of rotatable bonds is 7. The summed E-state index contributed by atoms with van der Waals surface area (Å²) in [6.07, 6.45) is 7.04. The maximum atomic E-state index is 4.21. The van der Waals surface area contributed by atoms with E-state index in [1.165, 1.54) is 16.7 Å². The Morgan fingerprint density at radius 1 is 1.47 bits per heavy atom. The zero-order valence-corrected chi connectivity index (χ0v) is 11.3. The van der Waals surface area contributed by atoms with Crippen LogP contribution in [0.2, 0.25) is 0 Å². The SMILES string of the molecule is C=C(C)CC(NCCC)c1ccncc1CC. The smallest absolute Gasteiger partial charge is 0.0361 e. The molecule has 17 heavy (non-hydrogen) atoms. The molecular weight excluding hydrogens is 208 g/mol. The van der Waals surface area contributed by atoms with E-state index in [0.717, 1.165) is 25.8 Å². The van der Waals surface area contributed by atoms with Crippen molar-refractivity contribution in [2.45, 2.75) is 46.1 Å². The topological polar surface area (TPSA) is 24.9 Å². The summed E-state index contributed by atoms with van der Waals surface area (Å²) in [5.41, 5.74) is 3.93. The van der Waals surface area contributed by atoms with Crippen molar-refractivity contribution in [1.82, 2.24) is 10.3 Å². The lowest BCUT2D eigenvalue weighted by Gasteiger charge is -2.21. The lowest BCUT2D eigenvalue weighted by molar-refractivity contribution is 0.524. The molecular formula is C15H24N2. The molecule has 0 bridgehead atoms. The number of aromatic nitrogens is 1. The van der Waals surface area contributed by atoms with Gasteiger partial charge in [0, 0.05) is 18.4 Å². The van der Waals surface area contributed by atoms with E-state index in [2.05, 4.69) is 43.7 Å². The van der Waals surface area contributed by atoms with E-state index in [0.29, 0.717) is 6.04 Å². The maximum Gasteiger partial charge on any atom is 0.0361 e. The van der Waals surface area contributed by atoms with Gasteiger partial charge in [-0.2, -0.15) is 0 Å². The molecule has 1 rings (SSSR count). The van der Waals surface area contributed by atoms with Gasteiger partial charge in [0.05, 0.1) is 0 Å². The van der Waals surface area contributed by atoms with Crippen molar-refractivity contribution < 1.29 is 0 Å². The molecule has 0 aromatic carbocycles. The van der Waals surface area contributed by atoms with Crippen molar-refractivity contribution in [2.24, 2.45) is 0 Å². The van der Waals surface area contributed by atoms with Gasteiger partial charge in [0.1, 0.15) is 0 Å². The number of nitrogens with one attached hydrogen (secondary N) is 1. The van der Waals surface area contributed by atoms with Crippen LogP contribution in [-0.4, -0.2) is 11.5 Å². The molecule has 0 amide bonds. The van der Waals surface area contributed by atoms with Crippen LogP contribution in [0.5, 0.6) is 0 Å². The van der Waals surface area contributed by atoms with E-state index < -0.39 is 0 Å². The largest absolute Gasteiger partial charge is 0.310 e. The third-order valence-electron chi connectivity index (χ3n) is 2.89. The molecule has 1 aromatic heterocycles. The van der Waals surface area contributed by atoms with Gasteiger partial charge in [0.25, 0.3) is 0 Å². The fraction of sp³-hybridized carbons (Fsp3) is 0.533. The van der Waals surface area contributed by atoms with Crippen LogP contribution in [0, 0.1) is 0 Å². The van der Waals surface area contributed by atoms with Gasteiger partial charge >= 0.3 is 0 Å². The van der Waals surface area contributed by atoms with Crippen molar-refractivity contribution in [3.05, 3.63) is 41.7 Å². The van der Waals surface area contributed by atoms with Crippen LogP contribution in [0.1, 0.15) is 50.8 Å². The maximum absolute atomic E-state index is 4.21. The molecule has 1 atom stereocenters. The minimum absolute atomic E-state index is 0.380. The summed E-state index contributed by atoms with van der Waals surface area (Å²) in [6, 6.07) is 2.51. The number of pyridine rings is 1. The minimum atomic E-state index is 0.380. The Labute approximate surface area is 105 Å². The highest BCUT2D eigenvalue weighted by Crippen LogP contribution is 2.23. The number of hydrogen-bond donors (Lipinski definition) is 1. The van der Waals surface area contributed by atoms with Gasteiger partial charge in [0.15, 0.2) is 0 Å². The minimum Gasteiger partial charge on any atom is -0.310 e. The van der Waals surface area contributed by atoms with Gasteiger partial charge in [0.2, 0.25) is 0 Å². The fourth-order valence-corrected chi connectivity index (χ4v) is 2.03. The molecule has 0 saturated carbocycles. The average Bonchev–Trinajstić information content (AvgIpc) is 2.34. The van der Waals surface area contributed by atoms with Crippen molar-refractivity contribution in [1.29, 1.82) is 0 Å². The number of nitrogens with zero attached hydrogens (tertiary/aromatic N) is 1. The predicted octanol–water partition coefficient (Wildman–Crippen LogP) is 3.65. The zero-order chi connectivity index (χ0) is 12.7. The Hall–Kier alpha value is -1.15. The van der Waals surface area contributed by atoms with Crippen LogP contribution in [0.15, 0.2) is 30.6 Å². The highest BCUT2D eigenvalue weighted by atomic mass is 14.9. The molecule has 94 valence electrons. The normalized spacial score (nSPS) is 12.4. The molecule has 2 nitrogen and oxygen atoms in total. The molecule has 0 aliphatic rings. The standard InChI is InChI=1S/C15H24N2/c1-5-8-17-15(10-12(3)4)14-7-9-16-11-13(14)6-2/h7,9,11,15,17H,3,5-6,8,10H2,1-2,4H3. The zero-order valence-electron chi connectivity index (χ0n) is 11.3. The number of aryl methyl sites for hydroxylation is 1. The molecule has 0 aliphatic carbocycles. The summed E-state index contributed by atoms with van der Waals surface area (Å²) in [5.74, 6) is 0. The average molecular weight is 232 g/mol. The third-order valence-corrected chi connectivity index (χ3v) is 2.89. The summed E-state index contributed by atoms with van der Waals surface area (Å²) >= 11 is 0. The second-order valence-corrected chi connectivity index (χ2v) is 4.60. The van der Waals surface area contributed by atoms with E-state index in [4.69, 9.17) is 0 Å². The molecule has 0 fully saturated rings. The van der Waals surface area contributed by atoms with Gasteiger partial charge in [-0.3, -0.25) is 4.98 Å². The summed E-state index contributed by atoms with van der Waals surface area (Å²) in [5, 5.41) is 3.60. The van der Waals surface area contributed by atoms with E-state index in [1.807, 2.05) is 12.4 Å². The van der Waals surface area contributed by atoms with Gasteiger partial charge in [-0.1, -0.05) is 19.4 Å². The lowest BCUT2D eigenvalue weighted by atomic mass is 9.96. The summed E-state index contributed by atoms with van der Waals surface area (Å²) in [7, 11) is 0. The summed E-state index contributed by atoms with van der Waals surface area (Å²) in [6.45, 7) is 11.5. The van der Waals surface area contributed by atoms with E-state index in [9.17, 15) is 0 Å². The molecule has 0 aliphatic heterocycles. The molecule has 1 unspecified atom stereocenters. The van der Waals surface area contributed by atoms with Crippen molar-refractivity contribution in [2.75, 3.05) is 6.54 Å². The Morgan fingerprint density at radius 2 is 2.24 bits per heavy atom. The second-order valence-electron chi connectivity index (χ2n) is 4.60. The quantitative estimate of drug-likeness (QED) is 0.726. The molecule has 1 aromatic rings. The predicted molar refractivity (Wildman–Crippen MR) is 74.1 cm³/mol. The summed E-state index contributed by atoms with van der Waals surface area (Å²) < 4.78 is 0. The van der Waals surface area contributed by atoms with E-state index >= 15 is 0 Å². The Bertz CT molecular complexity index is 358. The van der Waals surface area contributed by atoms with Crippen LogP contribution in [-0.2, 0) is 6.42 Å². The first-order chi connectivity index (χ1) is 8.19. The highest BCUT2D eigenvalue weighted by molar-refractivity contribution is 5.27. The van der Waals surface area contributed by atoms with Crippen LogP contribution < -0.4 is 5.32 Å². The Kier molecular flexibility index (Phi) is 5.92. The summed E-state index contributed by atoms with van der Waals surface area (Å²) in [4.78, 5) is 4.21. The first kappa shape index (κ1) is 13.9. The van der Waals surface area contributed by atoms with Gasteiger partial charge in [-0.15, -0.1) is 6.58 Å². The lowest BCUT2D eigenvalue weighted by Crippen LogP contribution is -2.23. The van der Waals surface area contributed by atoms with Crippen molar-refractivity contribution >= 4 is 0 Å². The third kappa shape index (κ3) is 4.31. The second kappa shape index (κ2) is 7.23. The Balaban J connectivity index is 2.90. The van der Waals surface area contributed by atoms with E-state index in [1.54, 1.807) is 0 Å². The van der Waals surface area contributed by atoms with Crippen molar-refractivity contribution in [3.8, 4) is 0 Å². The molecule has 1 heterocycles. The van der Waals surface area contributed by atoms with Gasteiger partial charge in [-0.05, 0) is 49.9 Å². The highest BCUT2D eigenvalue weighted by Gasteiger charge is 2.13. The van der Waals surface area contributed by atoms with E-state index in [-0.39, 0.29) is 0 Å². The van der Waals surface area contributed by atoms with Crippen LogP contribution in [0.4, 0.5) is 0 Å². The first-order valence-corrected chi connectivity index (χ1v) is 6.49. The molecule has 0 saturated heterocycles. The van der Waals surface area contributed by atoms with Crippen LogP contribution >= 0.6 is 0 Å². The van der Waals surface area contributed by atoms with Gasteiger partial charge in [-0.25, -0.2) is 0 Å². The molecule has 1 N–H and O–H groups in total. The van der Waals surface area contributed by atoms with Gasteiger partial charge < -0.3 is 5.32 Å². The van der Waals surface area contributed by atoms with Crippen molar-refractivity contribution in [3.63, 3.8) is 0 Å². The molecule has 2 heteroatoms. The molecule has 0 radical (unpaired) electrons. The fourth-order valence-electron chi connectivity index (χ4n) is 2.03. The van der Waals surface area contributed by atoms with Crippen LogP contribution in [0.25, 0.3) is 0 Å². The molecule has 0 spiro atoms.